The summed E-state index contributed by atoms with van der Waals surface area (Å²) < 4.78 is 0. The molecule has 0 saturated heterocycles. The second kappa shape index (κ2) is 3.87. The number of amides is 2. The molecular formula is C6H12N2O2. The molecule has 0 fully saturated rings. The van der Waals surface area contributed by atoms with E-state index >= 15 is 0 Å². The van der Waals surface area contributed by atoms with Gasteiger partial charge < -0.3 is 9.80 Å². The molecule has 0 saturated carbocycles. The zero-order valence-electron chi connectivity index (χ0n) is 6.50. The van der Waals surface area contributed by atoms with Crippen molar-refractivity contribution < 1.29 is 9.59 Å². The Balaban J connectivity index is 3.67. The van der Waals surface area contributed by atoms with Crippen molar-refractivity contribution >= 4 is 12.3 Å². The maximum absolute atomic E-state index is 10.6. The van der Waals surface area contributed by atoms with E-state index in [1.807, 2.05) is 0 Å². The van der Waals surface area contributed by atoms with Crippen LogP contribution in [0.3, 0.4) is 0 Å². The molecule has 0 aromatic carbocycles. The lowest BCUT2D eigenvalue weighted by Gasteiger charge is -2.19. The second-order valence-corrected chi connectivity index (χ2v) is 2.22. The maximum atomic E-state index is 10.6. The van der Waals surface area contributed by atoms with Gasteiger partial charge in [0, 0.05) is 21.0 Å². The van der Waals surface area contributed by atoms with Crippen molar-refractivity contribution in [1.29, 1.82) is 0 Å². The summed E-state index contributed by atoms with van der Waals surface area (Å²) in [6.07, 6.45) is 0.680. The van der Waals surface area contributed by atoms with E-state index in [-0.39, 0.29) is 5.91 Å². The molecule has 58 valence electrons. The minimum atomic E-state index is -0.0475. The van der Waals surface area contributed by atoms with E-state index < -0.39 is 0 Å². The fourth-order valence-corrected chi connectivity index (χ4v) is 0.468. The third-order valence-corrected chi connectivity index (χ3v) is 1.15. The molecule has 0 spiro atoms. The lowest BCUT2D eigenvalue weighted by atomic mass is 10.6. The molecule has 0 aromatic heterocycles. The molecule has 0 unspecified atom stereocenters. The molecule has 0 aliphatic heterocycles. The number of carbonyl (C=O) groups is 2. The molecule has 0 aliphatic carbocycles. The van der Waals surface area contributed by atoms with Crippen molar-refractivity contribution in [2.75, 3.05) is 20.8 Å². The van der Waals surface area contributed by atoms with Crippen molar-refractivity contribution in [3.05, 3.63) is 0 Å². The van der Waals surface area contributed by atoms with Crippen molar-refractivity contribution in [3.63, 3.8) is 0 Å². The molecule has 0 radical (unpaired) electrons. The summed E-state index contributed by atoms with van der Waals surface area (Å²) in [5.41, 5.74) is 0. The van der Waals surface area contributed by atoms with E-state index in [2.05, 4.69) is 0 Å². The Kier molecular flexibility index (Phi) is 3.46. The first kappa shape index (κ1) is 8.94. The first-order valence-electron chi connectivity index (χ1n) is 2.95. The van der Waals surface area contributed by atoms with Gasteiger partial charge in [0.15, 0.2) is 0 Å². The van der Waals surface area contributed by atoms with Crippen LogP contribution in [0.4, 0.5) is 0 Å². The van der Waals surface area contributed by atoms with Crippen LogP contribution in [0.1, 0.15) is 6.92 Å². The average Bonchev–Trinajstić information content (AvgIpc) is 1.87. The monoisotopic (exact) mass is 144 g/mol. The van der Waals surface area contributed by atoms with E-state index in [0.717, 1.165) is 0 Å². The Morgan fingerprint density at radius 2 is 2.00 bits per heavy atom. The van der Waals surface area contributed by atoms with Gasteiger partial charge in [-0.15, -0.1) is 0 Å². The van der Waals surface area contributed by atoms with Gasteiger partial charge in [-0.1, -0.05) is 0 Å². The highest BCUT2D eigenvalue weighted by atomic mass is 16.2. The third-order valence-electron chi connectivity index (χ3n) is 1.15. The Morgan fingerprint density at radius 3 is 2.30 bits per heavy atom. The molecule has 0 bridgehead atoms. The Hall–Kier alpha value is -1.06. The van der Waals surface area contributed by atoms with Crippen LogP contribution >= 0.6 is 0 Å². The van der Waals surface area contributed by atoms with E-state index in [1.54, 1.807) is 14.1 Å². The number of carbonyl (C=O) groups excluding carboxylic acids is 2. The van der Waals surface area contributed by atoms with Gasteiger partial charge in [0.1, 0.15) is 0 Å². The standard InChI is InChI=1S/C6H12N2O2/c1-6(10)8(3)4-7(2)5-9/h5H,4H2,1-3H3. The van der Waals surface area contributed by atoms with E-state index in [0.29, 0.717) is 13.1 Å². The molecule has 0 heterocycles. The van der Waals surface area contributed by atoms with Crippen molar-refractivity contribution in [2.24, 2.45) is 0 Å². The summed E-state index contributed by atoms with van der Waals surface area (Å²) in [5, 5.41) is 0. The number of hydrogen-bond acceptors (Lipinski definition) is 2. The fourth-order valence-electron chi connectivity index (χ4n) is 0.468. The van der Waals surface area contributed by atoms with Crippen LogP contribution < -0.4 is 0 Å². The maximum Gasteiger partial charge on any atom is 0.220 e. The topological polar surface area (TPSA) is 40.6 Å². The summed E-state index contributed by atoms with van der Waals surface area (Å²) in [4.78, 5) is 23.5. The highest BCUT2D eigenvalue weighted by Crippen LogP contribution is 1.84. The largest absolute Gasteiger partial charge is 0.331 e. The molecule has 0 atom stereocenters. The SMILES string of the molecule is CC(=O)N(C)CN(C)C=O. The molecule has 0 aliphatic rings. The van der Waals surface area contributed by atoms with Crippen LogP contribution in [0.15, 0.2) is 0 Å². The molecule has 0 N–H and O–H groups in total. The fraction of sp³-hybridized carbons (Fsp3) is 0.667. The number of hydrogen-bond donors (Lipinski definition) is 0. The van der Waals surface area contributed by atoms with Crippen molar-refractivity contribution in [3.8, 4) is 0 Å². The van der Waals surface area contributed by atoms with Gasteiger partial charge in [-0.3, -0.25) is 9.59 Å². The smallest absolute Gasteiger partial charge is 0.220 e. The Morgan fingerprint density at radius 1 is 1.50 bits per heavy atom. The highest BCUT2D eigenvalue weighted by Gasteiger charge is 2.02. The van der Waals surface area contributed by atoms with Crippen LogP contribution in [0.2, 0.25) is 0 Å². The van der Waals surface area contributed by atoms with Gasteiger partial charge in [-0.2, -0.15) is 0 Å². The zero-order chi connectivity index (χ0) is 8.15. The summed E-state index contributed by atoms with van der Waals surface area (Å²) in [6, 6.07) is 0. The van der Waals surface area contributed by atoms with Gasteiger partial charge in [0.2, 0.25) is 12.3 Å². The molecule has 0 aromatic rings. The number of nitrogens with zero attached hydrogens (tertiary/aromatic N) is 2. The van der Waals surface area contributed by atoms with Gasteiger partial charge in [-0.05, 0) is 0 Å². The Bertz CT molecular complexity index is 136. The first-order chi connectivity index (χ1) is 4.57. The quantitative estimate of drug-likeness (QED) is 0.396. The van der Waals surface area contributed by atoms with Crippen LogP contribution in [0, 0.1) is 0 Å². The normalized spacial score (nSPS) is 8.70. The van der Waals surface area contributed by atoms with Crippen molar-refractivity contribution in [2.45, 2.75) is 6.92 Å². The van der Waals surface area contributed by atoms with E-state index in [9.17, 15) is 9.59 Å². The van der Waals surface area contributed by atoms with Gasteiger partial charge in [0.25, 0.3) is 0 Å². The lowest BCUT2D eigenvalue weighted by molar-refractivity contribution is -0.131. The molecule has 2 amide bonds. The third kappa shape index (κ3) is 3.06. The summed E-state index contributed by atoms with van der Waals surface area (Å²) in [6.45, 7) is 1.80. The van der Waals surface area contributed by atoms with Crippen LogP contribution in [-0.2, 0) is 9.59 Å². The van der Waals surface area contributed by atoms with Crippen LogP contribution in [0.25, 0.3) is 0 Å². The molecule has 4 heteroatoms. The summed E-state index contributed by atoms with van der Waals surface area (Å²) in [7, 11) is 3.26. The van der Waals surface area contributed by atoms with Gasteiger partial charge in [-0.25, -0.2) is 0 Å². The molecule has 4 nitrogen and oxygen atoms in total. The predicted molar refractivity (Wildman–Crippen MR) is 37.1 cm³/mol. The summed E-state index contributed by atoms with van der Waals surface area (Å²) >= 11 is 0. The van der Waals surface area contributed by atoms with Crippen LogP contribution in [0.5, 0.6) is 0 Å². The molecular weight excluding hydrogens is 132 g/mol. The van der Waals surface area contributed by atoms with E-state index in [4.69, 9.17) is 0 Å². The average molecular weight is 144 g/mol. The minimum Gasteiger partial charge on any atom is -0.331 e. The predicted octanol–water partition coefficient (Wildman–Crippen LogP) is -0.490. The molecule has 10 heavy (non-hydrogen) atoms. The summed E-state index contributed by atoms with van der Waals surface area (Å²) in [5.74, 6) is -0.0475. The van der Waals surface area contributed by atoms with Gasteiger partial charge in [0.05, 0.1) is 6.67 Å². The highest BCUT2D eigenvalue weighted by molar-refractivity contribution is 5.72. The van der Waals surface area contributed by atoms with Crippen molar-refractivity contribution in [1.82, 2.24) is 9.80 Å². The number of rotatable bonds is 3. The zero-order valence-corrected chi connectivity index (χ0v) is 6.50. The van der Waals surface area contributed by atoms with Gasteiger partial charge >= 0.3 is 0 Å². The van der Waals surface area contributed by atoms with E-state index in [1.165, 1.54) is 16.7 Å². The lowest BCUT2D eigenvalue weighted by Crippen LogP contribution is -2.34. The second-order valence-electron chi connectivity index (χ2n) is 2.22. The minimum absolute atomic E-state index is 0.0475. The van der Waals surface area contributed by atoms with Crippen LogP contribution in [-0.4, -0.2) is 42.9 Å². The first-order valence-corrected chi connectivity index (χ1v) is 2.95. The Labute approximate surface area is 60.4 Å². The molecule has 0 rings (SSSR count).